The zero-order valence-corrected chi connectivity index (χ0v) is 14.1. The topological polar surface area (TPSA) is 66.4 Å². The third kappa shape index (κ3) is 4.33. The van der Waals surface area contributed by atoms with E-state index in [0.29, 0.717) is 6.42 Å². The fourth-order valence-corrected chi connectivity index (χ4v) is 4.54. The molecule has 0 fully saturated rings. The van der Waals surface area contributed by atoms with Crippen LogP contribution in [0.3, 0.4) is 0 Å². The number of thiophene rings is 1. The zero-order valence-electron chi connectivity index (χ0n) is 10.8. The summed E-state index contributed by atoms with van der Waals surface area (Å²) in [6.07, 6.45) is 0.541. The molecule has 0 saturated heterocycles. The van der Waals surface area contributed by atoms with E-state index < -0.39 is 22.4 Å². The summed E-state index contributed by atoms with van der Waals surface area (Å²) in [6.45, 7) is -0.259. The van der Waals surface area contributed by atoms with Crippen molar-refractivity contribution < 1.29 is 17.9 Å². The predicted molar refractivity (Wildman–Crippen MR) is 83.2 cm³/mol. The molecule has 0 amide bonds. The molecule has 0 aliphatic rings. The highest BCUT2D eigenvalue weighted by molar-refractivity contribution is 9.11. The van der Waals surface area contributed by atoms with E-state index in [9.17, 15) is 12.8 Å². The lowest BCUT2D eigenvalue weighted by atomic mass is 10.2. The summed E-state index contributed by atoms with van der Waals surface area (Å²) in [4.78, 5) is 0.809. The summed E-state index contributed by atoms with van der Waals surface area (Å²) in [5, 5.41) is 9.16. The molecule has 0 spiro atoms. The number of nitrogens with one attached hydrogen (secondary N) is 1. The van der Waals surface area contributed by atoms with Gasteiger partial charge in [-0.15, -0.1) is 11.3 Å². The highest BCUT2D eigenvalue weighted by atomic mass is 79.9. The van der Waals surface area contributed by atoms with Crippen molar-refractivity contribution in [3.63, 3.8) is 0 Å². The van der Waals surface area contributed by atoms with Crippen LogP contribution in [0.2, 0.25) is 0 Å². The normalized spacial score (nSPS) is 11.8. The van der Waals surface area contributed by atoms with Crippen molar-refractivity contribution in [3.05, 3.63) is 50.4 Å². The van der Waals surface area contributed by atoms with Crippen LogP contribution in [0.1, 0.15) is 10.4 Å². The molecule has 8 heteroatoms. The van der Waals surface area contributed by atoms with E-state index in [2.05, 4.69) is 20.7 Å². The third-order valence-electron chi connectivity index (χ3n) is 2.78. The maximum absolute atomic E-state index is 13.2. The quantitative estimate of drug-likeness (QED) is 0.792. The largest absolute Gasteiger partial charge is 0.392 e. The number of sulfonamides is 1. The van der Waals surface area contributed by atoms with Crippen LogP contribution >= 0.6 is 27.3 Å². The molecule has 0 aliphatic heterocycles. The molecule has 0 atom stereocenters. The number of hydrogen-bond donors (Lipinski definition) is 2. The van der Waals surface area contributed by atoms with Crippen LogP contribution < -0.4 is 4.72 Å². The number of aliphatic hydroxyl groups excluding tert-OH is 1. The van der Waals surface area contributed by atoms with Crippen molar-refractivity contribution in [3.8, 4) is 0 Å². The van der Waals surface area contributed by atoms with Crippen LogP contribution in [0.4, 0.5) is 4.39 Å². The van der Waals surface area contributed by atoms with Gasteiger partial charge in [-0.05, 0) is 52.2 Å². The molecule has 2 rings (SSSR count). The molecule has 0 radical (unpaired) electrons. The first kappa shape index (κ1) is 16.6. The summed E-state index contributed by atoms with van der Waals surface area (Å²) in [7, 11) is -3.85. The first-order valence-corrected chi connectivity index (χ1v) is 9.15. The van der Waals surface area contributed by atoms with Crippen molar-refractivity contribution in [1.29, 1.82) is 0 Å². The molecular weight excluding hydrogens is 381 g/mol. The minimum absolute atomic E-state index is 0.169. The standard InChI is InChI=1S/C13H13BrFNO3S2/c14-13-4-3-11(20-13)5-6-16-21(18,19)12-7-10(15)2-1-9(12)8-17/h1-4,7,16-17H,5-6,8H2. The molecule has 2 aromatic rings. The van der Waals surface area contributed by atoms with Gasteiger partial charge in [0.2, 0.25) is 10.0 Å². The van der Waals surface area contributed by atoms with E-state index in [1.165, 1.54) is 17.4 Å². The highest BCUT2D eigenvalue weighted by Crippen LogP contribution is 2.22. The second kappa shape index (κ2) is 6.97. The van der Waals surface area contributed by atoms with E-state index in [4.69, 9.17) is 5.11 Å². The minimum Gasteiger partial charge on any atom is -0.392 e. The van der Waals surface area contributed by atoms with Crippen molar-refractivity contribution in [1.82, 2.24) is 4.72 Å². The monoisotopic (exact) mass is 393 g/mol. The molecule has 21 heavy (non-hydrogen) atoms. The first-order valence-electron chi connectivity index (χ1n) is 6.05. The Balaban J connectivity index is 2.09. The second-order valence-corrected chi connectivity index (χ2v) is 8.55. The van der Waals surface area contributed by atoms with E-state index in [0.717, 1.165) is 20.8 Å². The SMILES string of the molecule is O=S(=O)(NCCc1ccc(Br)s1)c1cc(F)ccc1CO. The van der Waals surface area contributed by atoms with Crippen molar-refractivity contribution in [2.75, 3.05) is 6.54 Å². The lowest BCUT2D eigenvalue weighted by Crippen LogP contribution is -2.27. The van der Waals surface area contributed by atoms with Crippen LogP contribution in [-0.4, -0.2) is 20.1 Å². The molecule has 1 aromatic carbocycles. The molecular formula is C13H13BrFNO3S2. The van der Waals surface area contributed by atoms with Crippen LogP contribution in [0, 0.1) is 5.82 Å². The maximum Gasteiger partial charge on any atom is 0.241 e. The second-order valence-electron chi connectivity index (χ2n) is 4.26. The Morgan fingerprint density at radius 3 is 2.67 bits per heavy atom. The van der Waals surface area contributed by atoms with Gasteiger partial charge in [-0.2, -0.15) is 0 Å². The number of hydrogen-bond acceptors (Lipinski definition) is 4. The summed E-state index contributed by atoms with van der Waals surface area (Å²) in [5.41, 5.74) is 0.169. The number of aliphatic hydroxyl groups is 1. The lowest BCUT2D eigenvalue weighted by molar-refractivity contribution is 0.278. The van der Waals surface area contributed by atoms with Crippen LogP contribution in [0.25, 0.3) is 0 Å². The summed E-state index contributed by atoms with van der Waals surface area (Å²) < 4.78 is 41.0. The molecule has 1 aromatic heterocycles. The van der Waals surface area contributed by atoms with Crippen molar-refractivity contribution in [2.45, 2.75) is 17.9 Å². The maximum atomic E-state index is 13.2. The molecule has 1 heterocycles. The smallest absolute Gasteiger partial charge is 0.241 e. The van der Waals surface area contributed by atoms with Crippen LogP contribution in [-0.2, 0) is 23.1 Å². The fourth-order valence-electron chi connectivity index (χ4n) is 1.78. The summed E-state index contributed by atoms with van der Waals surface area (Å²) in [5.74, 6) is -0.658. The predicted octanol–water partition coefficient (Wildman–Crippen LogP) is 2.66. The summed E-state index contributed by atoms with van der Waals surface area (Å²) >= 11 is 4.86. The van der Waals surface area contributed by atoms with E-state index in [1.807, 2.05) is 12.1 Å². The average molecular weight is 394 g/mol. The Hall–Kier alpha value is -0.800. The van der Waals surface area contributed by atoms with Gasteiger partial charge in [-0.25, -0.2) is 17.5 Å². The highest BCUT2D eigenvalue weighted by Gasteiger charge is 2.18. The molecule has 2 N–H and O–H groups in total. The van der Waals surface area contributed by atoms with Crippen LogP contribution in [0.15, 0.2) is 39.0 Å². The molecule has 4 nitrogen and oxygen atoms in total. The van der Waals surface area contributed by atoms with Crippen molar-refractivity contribution in [2.24, 2.45) is 0 Å². The van der Waals surface area contributed by atoms with Crippen LogP contribution in [0.5, 0.6) is 0 Å². The van der Waals surface area contributed by atoms with E-state index in [1.54, 1.807) is 0 Å². The van der Waals surface area contributed by atoms with Gasteiger partial charge in [-0.3, -0.25) is 0 Å². The fraction of sp³-hybridized carbons (Fsp3) is 0.231. The van der Waals surface area contributed by atoms with Gasteiger partial charge in [-0.1, -0.05) is 6.07 Å². The number of benzene rings is 1. The Labute approximate surface area is 134 Å². The third-order valence-corrected chi connectivity index (χ3v) is 6.01. The Morgan fingerprint density at radius 2 is 2.05 bits per heavy atom. The molecule has 0 bridgehead atoms. The van der Waals surface area contributed by atoms with Gasteiger partial charge in [0, 0.05) is 11.4 Å². The lowest BCUT2D eigenvalue weighted by Gasteiger charge is -2.10. The first-order chi connectivity index (χ1) is 9.92. The van der Waals surface area contributed by atoms with Gasteiger partial charge in [0.15, 0.2) is 0 Å². The van der Waals surface area contributed by atoms with Gasteiger partial charge >= 0.3 is 0 Å². The van der Waals surface area contributed by atoms with Gasteiger partial charge in [0.05, 0.1) is 15.3 Å². The molecule has 0 unspecified atom stereocenters. The number of rotatable bonds is 6. The summed E-state index contributed by atoms with van der Waals surface area (Å²) in [6, 6.07) is 7.10. The van der Waals surface area contributed by atoms with Gasteiger partial charge < -0.3 is 5.11 Å². The Bertz CT molecular complexity index is 731. The minimum atomic E-state index is -3.85. The van der Waals surface area contributed by atoms with Crippen molar-refractivity contribution >= 4 is 37.3 Å². The zero-order chi connectivity index (χ0) is 15.5. The van der Waals surface area contributed by atoms with E-state index >= 15 is 0 Å². The molecule has 114 valence electrons. The number of halogens is 2. The average Bonchev–Trinajstić information content (AvgIpc) is 2.84. The molecule has 0 saturated carbocycles. The van der Waals surface area contributed by atoms with Gasteiger partial charge in [0.1, 0.15) is 5.82 Å². The molecule has 0 aliphatic carbocycles. The van der Waals surface area contributed by atoms with Gasteiger partial charge in [0.25, 0.3) is 0 Å². The van der Waals surface area contributed by atoms with E-state index in [-0.39, 0.29) is 17.0 Å². The Kier molecular flexibility index (Phi) is 5.50. The Morgan fingerprint density at radius 1 is 1.29 bits per heavy atom.